The lowest BCUT2D eigenvalue weighted by atomic mass is 9.98. The van der Waals surface area contributed by atoms with Gasteiger partial charge in [-0.1, -0.05) is 12.1 Å². The highest BCUT2D eigenvalue weighted by molar-refractivity contribution is 6.10. The molecule has 0 radical (unpaired) electrons. The van der Waals surface area contributed by atoms with Crippen LogP contribution in [0, 0.1) is 0 Å². The average Bonchev–Trinajstić information content (AvgIpc) is 2.60. The minimum Gasteiger partial charge on any atom is -0.494 e. The van der Waals surface area contributed by atoms with Gasteiger partial charge in [-0.15, -0.1) is 0 Å². The van der Waals surface area contributed by atoms with Gasteiger partial charge in [0, 0.05) is 17.5 Å². The quantitative estimate of drug-likeness (QED) is 0.715. The molecule has 0 saturated heterocycles. The van der Waals surface area contributed by atoms with Crippen molar-refractivity contribution in [3.05, 3.63) is 64.7 Å². The van der Waals surface area contributed by atoms with E-state index in [0.717, 1.165) is 0 Å². The lowest BCUT2D eigenvalue weighted by molar-refractivity contribution is -0.136. The van der Waals surface area contributed by atoms with Crippen molar-refractivity contribution in [2.45, 2.75) is 19.8 Å². The van der Waals surface area contributed by atoms with Crippen LogP contribution in [0.2, 0.25) is 0 Å². The Morgan fingerprint density at radius 3 is 2.28 bits per heavy atom. The largest absolute Gasteiger partial charge is 0.494 e. The molecular weight excluding hydrogens is 324 g/mol. The highest BCUT2D eigenvalue weighted by Crippen LogP contribution is 2.24. The standard InChI is InChI=1S/C19H18O6/c1-2-25-16-8-6-14(10-12(16)7-9-17(20)21)18(22)13-4-3-5-15(11-13)19(23)24/h3-6,8,10-11H,2,7,9H2,1H3,(H,20,21)(H,23,24). The third kappa shape index (κ3) is 4.67. The van der Waals surface area contributed by atoms with E-state index in [-0.39, 0.29) is 29.8 Å². The normalized spacial score (nSPS) is 10.3. The first-order chi connectivity index (χ1) is 11.9. The molecule has 130 valence electrons. The highest BCUT2D eigenvalue weighted by Gasteiger charge is 2.15. The molecule has 0 saturated carbocycles. The van der Waals surface area contributed by atoms with Gasteiger partial charge in [0.2, 0.25) is 0 Å². The van der Waals surface area contributed by atoms with E-state index in [4.69, 9.17) is 14.9 Å². The molecule has 2 aromatic rings. The second kappa shape index (κ2) is 8.10. The van der Waals surface area contributed by atoms with Crippen LogP contribution in [0.3, 0.4) is 0 Å². The Bertz CT molecular complexity index is 809. The summed E-state index contributed by atoms with van der Waals surface area (Å²) in [6.45, 7) is 2.24. The number of ketones is 1. The first kappa shape index (κ1) is 18.2. The fourth-order valence-corrected chi connectivity index (χ4v) is 2.41. The van der Waals surface area contributed by atoms with E-state index in [0.29, 0.717) is 23.5 Å². The Morgan fingerprint density at radius 1 is 0.960 bits per heavy atom. The molecule has 0 bridgehead atoms. The molecule has 0 aliphatic rings. The van der Waals surface area contributed by atoms with Crippen LogP contribution in [0.25, 0.3) is 0 Å². The van der Waals surface area contributed by atoms with E-state index >= 15 is 0 Å². The first-order valence-corrected chi connectivity index (χ1v) is 7.78. The van der Waals surface area contributed by atoms with Gasteiger partial charge >= 0.3 is 11.9 Å². The molecule has 0 unspecified atom stereocenters. The highest BCUT2D eigenvalue weighted by atomic mass is 16.5. The lowest BCUT2D eigenvalue weighted by Crippen LogP contribution is -2.07. The summed E-state index contributed by atoms with van der Waals surface area (Å²) in [4.78, 5) is 34.5. The number of hydrogen-bond donors (Lipinski definition) is 2. The number of carboxylic acid groups (broad SMARTS) is 2. The summed E-state index contributed by atoms with van der Waals surface area (Å²) in [6.07, 6.45) is 0.160. The fourth-order valence-electron chi connectivity index (χ4n) is 2.41. The van der Waals surface area contributed by atoms with Crippen LogP contribution in [-0.4, -0.2) is 34.5 Å². The van der Waals surface area contributed by atoms with Gasteiger partial charge in [0.15, 0.2) is 5.78 Å². The van der Waals surface area contributed by atoms with Gasteiger partial charge in [-0.2, -0.15) is 0 Å². The molecule has 25 heavy (non-hydrogen) atoms. The van der Waals surface area contributed by atoms with Gasteiger partial charge in [0.05, 0.1) is 12.2 Å². The number of aromatic carboxylic acids is 1. The zero-order valence-corrected chi connectivity index (χ0v) is 13.7. The van der Waals surface area contributed by atoms with Gasteiger partial charge in [-0.25, -0.2) is 4.79 Å². The Hall–Kier alpha value is -3.15. The molecule has 2 aromatic carbocycles. The molecule has 0 heterocycles. The number of carboxylic acids is 2. The minimum absolute atomic E-state index is 0.0305. The monoisotopic (exact) mass is 342 g/mol. The Kier molecular flexibility index (Phi) is 5.89. The van der Waals surface area contributed by atoms with Crippen LogP contribution in [0.5, 0.6) is 5.75 Å². The topological polar surface area (TPSA) is 101 Å². The summed E-state index contributed by atoms with van der Waals surface area (Å²) in [7, 11) is 0. The molecule has 0 amide bonds. The molecule has 0 atom stereocenters. The first-order valence-electron chi connectivity index (χ1n) is 7.78. The summed E-state index contributed by atoms with van der Waals surface area (Å²) in [6, 6.07) is 10.6. The van der Waals surface area contributed by atoms with Crippen molar-refractivity contribution in [2.24, 2.45) is 0 Å². The summed E-state index contributed by atoms with van der Waals surface area (Å²) >= 11 is 0. The molecule has 2 rings (SSSR count). The van der Waals surface area contributed by atoms with Crippen molar-refractivity contribution < 1.29 is 29.3 Å². The lowest BCUT2D eigenvalue weighted by Gasteiger charge is -2.11. The molecule has 0 fully saturated rings. The maximum absolute atomic E-state index is 12.6. The summed E-state index contributed by atoms with van der Waals surface area (Å²) in [5.41, 5.74) is 1.27. The molecule has 0 aliphatic heterocycles. The Balaban J connectivity index is 2.36. The molecule has 0 spiro atoms. The second-order valence-corrected chi connectivity index (χ2v) is 5.36. The van der Waals surface area contributed by atoms with Crippen molar-refractivity contribution in [1.82, 2.24) is 0 Å². The van der Waals surface area contributed by atoms with E-state index < -0.39 is 11.9 Å². The fraction of sp³-hybridized carbons (Fsp3) is 0.211. The number of aryl methyl sites for hydroxylation is 1. The molecule has 2 N–H and O–H groups in total. The number of aliphatic carboxylic acids is 1. The predicted octanol–water partition coefficient (Wildman–Crippen LogP) is 3.03. The van der Waals surface area contributed by atoms with E-state index in [1.165, 1.54) is 18.2 Å². The van der Waals surface area contributed by atoms with Crippen LogP contribution in [-0.2, 0) is 11.2 Å². The second-order valence-electron chi connectivity index (χ2n) is 5.36. The van der Waals surface area contributed by atoms with Crippen molar-refractivity contribution in [2.75, 3.05) is 6.61 Å². The van der Waals surface area contributed by atoms with Gasteiger partial charge in [0.1, 0.15) is 5.75 Å². The molecule has 6 heteroatoms. The summed E-state index contributed by atoms with van der Waals surface area (Å²) < 4.78 is 5.48. The number of ether oxygens (including phenoxy) is 1. The van der Waals surface area contributed by atoms with E-state index in [9.17, 15) is 14.4 Å². The zero-order valence-electron chi connectivity index (χ0n) is 13.7. The van der Waals surface area contributed by atoms with E-state index in [2.05, 4.69) is 0 Å². The number of carbonyl (C=O) groups is 3. The molecule has 0 aliphatic carbocycles. The van der Waals surface area contributed by atoms with Crippen LogP contribution in [0.1, 0.15) is 45.2 Å². The van der Waals surface area contributed by atoms with Gasteiger partial charge in [0.25, 0.3) is 0 Å². The van der Waals surface area contributed by atoms with Crippen LogP contribution >= 0.6 is 0 Å². The van der Waals surface area contributed by atoms with Crippen molar-refractivity contribution in [3.63, 3.8) is 0 Å². The van der Waals surface area contributed by atoms with Crippen LogP contribution in [0.4, 0.5) is 0 Å². The van der Waals surface area contributed by atoms with Gasteiger partial charge in [-0.3, -0.25) is 9.59 Å². The van der Waals surface area contributed by atoms with Crippen molar-refractivity contribution in [3.8, 4) is 5.75 Å². The summed E-state index contributed by atoms with van der Waals surface area (Å²) in [5.74, 6) is -1.83. The molecular formula is C19H18O6. The third-order valence-corrected chi connectivity index (χ3v) is 3.60. The number of rotatable bonds is 8. The third-order valence-electron chi connectivity index (χ3n) is 3.60. The van der Waals surface area contributed by atoms with Gasteiger partial charge < -0.3 is 14.9 Å². The number of hydrogen-bond acceptors (Lipinski definition) is 4. The predicted molar refractivity (Wildman–Crippen MR) is 90.4 cm³/mol. The van der Waals surface area contributed by atoms with E-state index in [1.54, 1.807) is 24.3 Å². The maximum Gasteiger partial charge on any atom is 0.335 e. The summed E-state index contributed by atoms with van der Waals surface area (Å²) in [5, 5.41) is 17.9. The number of benzene rings is 2. The Labute approximate surface area is 144 Å². The van der Waals surface area contributed by atoms with Crippen molar-refractivity contribution >= 4 is 17.7 Å². The zero-order chi connectivity index (χ0) is 18.4. The average molecular weight is 342 g/mol. The maximum atomic E-state index is 12.6. The smallest absolute Gasteiger partial charge is 0.335 e. The van der Waals surface area contributed by atoms with Gasteiger partial charge in [-0.05, 0) is 49.2 Å². The van der Waals surface area contributed by atoms with Crippen LogP contribution in [0.15, 0.2) is 42.5 Å². The SMILES string of the molecule is CCOc1ccc(C(=O)c2cccc(C(=O)O)c2)cc1CCC(=O)O. The Morgan fingerprint density at radius 2 is 1.64 bits per heavy atom. The van der Waals surface area contributed by atoms with Crippen LogP contribution < -0.4 is 4.74 Å². The molecule has 0 aromatic heterocycles. The van der Waals surface area contributed by atoms with E-state index in [1.807, 2.05) is 6.92 Å². The number of carbonyl (C=O) groups excluding carboxylic acids is 1. The molecule has 6 nitrogen and oxygen atoms in total. The van der Waals surface area contributed by atoms with Crippen molar-refractivity contribution in [1.29, 1.82) is 0 Å². The minimum atomic E-state index is -1.11.